The lowest BCUT2D eigenvalue weighted by Gasteiger charge is -2.11. The van der Waals surface area contributed by atoms with Crippen LogP contribution in [0.15, 0.2) is 71.4 Å². The van der Waals surface area contributed by atoms with Gasteiger partial charge in [-0.3, -0.25) is 4.79 Å². The molecule has 2 heterocycles. The van der Waals surface area contributed by atoms with Gasteiger partial charge in [0.1, 0.15) is 5.56 Å². The molecule has 4 aromatic rings. The number of nitrogens with zero attached hydrogens (tertiary/aromatic N) is 3. The Hall–Kier alpha value is -4.20. The highest BCUT2D eigenvalue weighted by Gasteiger charge is 2.21. The molecule has 0 radical (unpaired) electrons. The van der Waals surface area contributed by atoms with Crippen LogP contribution < -0.4 is 5.32 Å². The van der Waals surface area contributed by atoms with E-state index in [1.165, 1.54) is 16.4 Å². The smallest absolute Gasteiger partial charge is 0.343 e. The first kappa shape index (κ1) is 23.9. The van der Waals surface area contributed by atoms with Crippen molar-refractivity contribution >= 4 is 17.7 Å². The van der Waals surface area contributed by atoms with E-state index in [1.54, 1.807) is 13.1 Å². The second kappa shape index (κ2) is 10.8. The highest BCUT2D eigenvalue weighted by molar-refractivity contribution is 6.00. The number of esters is 1. The van der Waals surface area contributed by atoms with Crippen LogP contribution in [-0.2, 0) is 16.0 Å². The first-order valence-electron chi connectivity index (χ1n) is 11.6. The Morgan fingerprint density at radius 1 is 1.06 bits per heavy atom. The molecule has 0 unspecified atom stereocenters. The summed E-state index contributed by atoms with van der Waals surface area (Å²) in [5.74, 6) is 0.987. The van der Waals surface area contributed by atoms with Gasteiger partial charge in [-0.05, 0) is 30.5 Å². The second-order valence-corrected chi connectivity index (χ2v) is 8.32. The molecule has 0 saturated carbocycles. The number of hydrogen-bond donors (Lipinski definition) is 1. The predicted molar refractivity (Wildman–Crippen MR) is 132 cm³/mol. The molecule has 4 rings (SSSR count). The van der Waals surface area contributed by atoms with E-state index in [4.69, 9.17) is 9.15 Å². The van der Waals surface area contributed by atoms with Crippen molar-refractivity contribution in [2.24, 2.45) is 0 Å². The number of aromatic nitrogens is 3. The van der Waals surface area contributed by atoms with Gasteiger partial charge in [-0.1, -0.05) is 56.3 Å². The van der Waals surface area contributed by atoms with Crippen molar-refractivity contribution in [3.05, 3.63) is 84.0 Å². The highest BCUT2D eigenvalue weighted by atomic mass is 16.5. The lowest BCUT2D eigenvalue weighted by molar-refractivity contribution is -0.116. The van der Waals surface area contributed by atoms with Crippen molar-refractivity contribution in [2.45, 2.75) is 39.5 Å². The number of carbonyl (C=O) groups excluding carboxylic acids is 2. The fourth-order valence-electron chi connectivity index (χ4n) is 3.60. The maximum absolute atomic E-state index is 12.8. The monoisotopic (exact) mass is 472 g/mol. The van der Waals surface area contributed by atoms with E-state index < -0.39 is 5.97 Å². The van der Waals surface area contributed by atoms with Crippen molar-refractivity contribution in [1.29, 1.82) is 0 Å². The Labute approximate surface area is 203 Å². The number of carbonyl (C=O) groups is 2. The van der Waals surface area contributed by atoms with Crippen molar-refractivity contribution in [1.82, 2.24) is 14.8 Å². The molecule has 0 fully saturated rings. The summed E-state index contributed by atoms with van der Waals surface area (Å²) in [5, 5.41) is 7.10. The van der Waals surface area contributed by atoms with E-state index in [1.807, 2.05) is 42.5 Å². The van der Waals surface area contributed by atoms with Crippen LogP contribution in [0.4, 0.5) is 5.82 Å². The Morgan fingerprint density at radius 2 is 1.80 bits per heavy atom. The van der Waals surface area contributed by atoms with Crippen LogP contribution in [-0.4, -0.2) is 33.2 Å². The maximum atomic E-state index is 12.8. The molecular weight excluding hydrogens is 444 g/mol. The summed E-state index contributed by atoms with van der Waals surface area (Å²) >= 11 is 0. The largest absolute Gasteiger partial charge is 0.462 e. The lowest BCUT2D eigenvalue weighted by atomic mass is 10.0. The average molecular weight is 473 g/mol. The van der Waals surface area contributed by atoms with Gasteiger partial charge in [0.2, 0.25) is 5.91 Å². The number of nitrogens with one attached hydrogen (secondary N) is 1. The third kappa shape index (κ3) is 5.66. The van der Waals surface area contributed by atoms with Crippen LogP contribution in [0.25, 0.3) is 17.0 Å². The van der Waals surface area contributed by atoms with Crippen LogP contribution in [0.2, 0.25) is 0 Å². The fourth-order valence-corrected chi connectivity index (χ4v) is 3.60. The Bertz CT molecular complexity index is 1290. The second-order valence-electron chi connectivity index (χ2n) is 8.32. The van der Waals surface area contributed by atoms with Gasteiger partial charge in [0.25, 0.3) is 0 Å². The van der Waals surface area contributed by atoms with E-state index in [-0.39, 0.29) is 30.3 Å². The molecular formula is C27H28N4O4. The third-order valence-electron chi connectivity index (χ3n) is 5.50. The van der Waals surface area contributed by atoms with Crippen LogP contribution in [0, 0.1) is 0 Å². The zero-order valence-corrected chi connectivity index (χ0v) is 20.0. The highest BCUT2D eigenvalue weighted by Crippen LogP contribution is 2.25. The van der Waals surface area contributed by atoms with Crippen LogP contribution in [0.3, 0.4) is 0 Å². The average Bonchev–Trinajstić information content (AvgIpc) is 3.51. The zero-order chi connectivity index (χ0) is 24.8. The summed E-state index contributed by atoms with van der Waals surface area (Å²) in [5.41, 5.74) is 3.08. The number of oxazole rings is 1. The Morgan fingerprint density at radius 3 is 2.49 bits per heavy atom. The molecule has 0 aliphatic rings. The first-order chi connectivity index (χ1) is 17.0. The zero-order valence-electron chi connectivity index (χ0n) is 20.0. The molecule has 0 saturated heterocycles. The van der Waals surface area contributed by atoms with Crippen molar-refractivity contribution in [2.75, 3.05) is 11.9 Å². The molecule has 8 nitrogen and oxygen atoms in total. The first-order valence-corrected chi connectivity index (χ1v) is 11.6. The molecule has 0 aliphatic heterocycles. The quantitative estimate of drug-likeness (QED) is 0.328. The minimum Gasteiger partial charge on any atom is -0.462 e. The van der Waals surface area contributed by atoms with Gasteiger partial charge in [-0.15, -0.1) is 0 Å². The molecule has 0 aliphatic carbocycles. The van der Waals surface area contributed by atoms with Gasteiger partial charge in [0.15, 0.2) is 17.5 Å². The number of benzene rings is 2. The molecule has 2 aromatic carbocycles. The minimum atomic E-state index is -0.550. The summed E-state index contributed by atoms with van der Waals surface area (Å²) in [4.78, 5) is 29.5. The van der Waals surface area contributed by atoms with Gasteiger partial charge in [0.05, 0.1) is 24.7 Å². The van der Waals surface area contributed by atoms with Gasteiger partial charge < -0.3 is 14.5 Å². The molecule has 0 atom stereocenters. The van der Waals surface area contributed by atoms with Gasteiger partial charge in [-0.25, -0.2) is 14.5 Å². The number of hydrogen-bond acceptors (Lipinski definition) is 6. The van der Waals surface area contributed by atoms with Crippen molar-refractivity contribution < 1.29 is 18.7 Å². The normalized spacial score (nSPS) is 11.0. The molecule has 35 heavy (non-hydrogen) atoms. The lowest BCUT2D eigenvalue weighted by Crippen LogP contribution is -2.18. The predicted octanol–water partition coefficient (Wildman–Crippen LogP) is 5.40. The molecule has 0 spiro atoms. The summed E-state index contributed by atoms with van der Waals surface area (Å²) in [6.07, 6.45) is 3.49. The molecule has 1 amide bonds. The van der Waals surface area contributed by atoms with Crippen LogP contribution in [0.1, 0.15) is 54.9 Å². The molecule has 180 valence electrons. The SMILES string of the molecule is CCOC(=O)c1cnn(-c2ccccc2)c1NC(=O)CCc1ncc(-c2ccc(C(C)C)cc2)o1. The fraction of sp³-hybridized carbons (Fsp3) is 0.259. The third-order valence-corrected chi connectivity index (χ3v) is 5.50. The topological polar surface area (TPSA) is 99.2 Å². The molecule has 0 bridgehead atoms. The minimum absolute atomic E-state index is 0.120. The summed E-state index contributed by atoms with van der Waals surface area (Å²) in [6, 6.07) is 17.4. The summed E-state index contributed by atoms with van der Waals surface area (Å²) < 4.78 is 12.5. The van der Waals surface area contributed by atoms with Crippen LogP contribution >= 0.6 is 0 Å². The molecule has 2 aromatic heterocycles. The van der Waals surface area contributed by atoms with E-state index >= 15 is 0 Å². The number of aryl methyl sites for hydroxylation is 1. The van der Waals surface area contributed by atoms with Gasteiger partial charge in [-0.2, -0.15) is 5.10 Å². The summed E-state index contributed by atoms with van der Waals surface area (Å²) in [6.45, 7) is 6.24. The number of ether oxygens (including phenoxy) is 1. The number of para-hydroxylation sites is 1. The van der Waals surface area contributed by atoms with Crippen molar-refractivity contribution in [3.8, 4) is 17.0 Å². The number of rotatable bonds is 9. The van der Waals surface area contributed by atoms with Crippen molar-refractivity contribution in [3.63, 3.8) is 0 Å². The van der Waals surface area contributed by atoms with E-state index in [9.17, 15) is 9.59 Å². The van der Waals surface area contributed by atoms with Gasteiger partial charge >= 0.3 is 5.97 Å². The maximum Gasteiger partial charge on any atom is 0.343 e. The van der Waals surface area contributed by atoms with E-state index in [0.29, 0.717) is 29.7 Å². The van der Waals surface area contributed by atoms with E-state index in [2.05, 4.69) is 41.4 Å². The Balaban J connectivity index is 1.45. The summed E-state index contributed by atoms with van der Waals surface area (Å²) in [7, 11) is 0. The Kier molecular flexibility index (Phi) is 7.40. The standard InChI is InChI=1S/C27H28N4O4/c1-4-34-27(33)22-16-29-31(21-8-6-5-7-9-21)26(22)30-24(32)14-15-25-28-17-23(35-25)20-12-10-19(11-13-20)18(2)3/h5-13,16-18H,4,14-15H2,1-3H3,(H,30,32). The van der Waals surface area contributed by atoms with Gasteiger partial charge in [0, 0.05) is 18.4 Å². The number of anilines is 1. The molecule has 8 heteroatoms. The van der Waals surface area contributed by atoms with Crippen LogP contribution in [0.5, 0.6) is 0 Å². The molecule has 1 N–H and O–H groups in total. The van der Waals surface area contributed by atoms with E-state index in [0.717, 1.165) is 5.56 Å². The number of amides is 1.